The minimum absolute atomic E-state index is 0.350. The van der Waals surface area contributed by atoms with Crippen molar-refractivity contribution in [2.45, 2.75) is 20.4 Å². The van der Waals surface area contributed by atoms with Gasteiger partial charge in [-0.05, 0) is 42.7 Å². The molecule has 0 heterocycles. The van der Waals surface area contributed by atoms with E-state index in [9.17, 15) is 8.42 Å². The molecular formula is C16H19NO2S. The maximum Gasteiger partial charge on any atom is 0.232 e. The van der Waals surface area contributed by atoms with Gasteiger partial charge in [0.2, 0.25) is 10.0 Å². The quantitative estimate of drug-likeness (QED) is 0.866. The van der Waals surface area contributed by atoms with E-state index in [1.165, 1.54) is 10.6 Å². The summed E-state index contributed by atoms with van der Waals surface area (Å²) in [7, 11) is -3.32. The average Bonchev–Trinajstić information content (AvgIpc) is 2.34. The van der Waals surface area contributed by atoms with Crippen LogP contribution in [0.5, 0.6) is 0 Å². The van der Waals surface area contributed by atoms with Crippen LogP contribution in [0.3, 0.4) is 0 Å². The molecule has 0 aliphatic heterocycles. The Morgan fingerprint density at radius 1 is 0.950 bits per heavy atom. The lowest BCUT2D eigenvalue weighted by molar-refractivity contribution is 0.596. The van der Waals surface area contributed by atoms with Crippen molar-refractivity contribution in [1.29, 1.82) is 0 Å². The monoisotopic (exact) mass is 289 g/mol. The third-order valence-electron chi connectivity index (χ3n) is 3.06. The Morgan fingerprint density at radius 3 is 2.00 bits per heavy atom. The zero-order valence-electron chi connectivity index (χ0n) is 12.0. The fourth-order valence-corrected chi connectivity index (χ4v) is 3.12. The Labute approximate surface area is 120 Å². The van der Waals surface area contributed by atoms with Crippen molar-refractivity contribution in [1.82, 2.24) is 0 Å². The molecule has 3 nitrogen and oxygen atoms in total. The highest BCUT2D eigenvalue weighted by molar-refractivity contribution is 7.92. The molecule has 0 radical (unpaired) electrons. The molecule has 0 aliphatic rings. The summed E-state index contributed by atoms with van der Waals surface area (Å²) in [6, 6.07) is 15.4. The van der Waals surface area contributed by atoms with Gasteiger partial charge in [-0.15, -0.1) is 0 Å². The third kappa shape index (κ3) is 3.61. The van der Waals surface area contributed by atoms with E-state index in [0.717, 1.165) is 16.7 Å². The Kier molecular flexibility index (Phi) is 4.14. The molecule has 2 aromatic rings. The minimum Gasteiger partial charge on any atom is -0.266 e. The predicted molar refractivity (Wildman–Crippen MR) is 83.4 cm³/mol. The summed E-state index contributed by atoms with van der Waals surface area (Å²) in [6.45, 7) is 4.29. The highest BCUT2D eigenvalue weighted by Gasteiger charge is 2.18. The van der Waals surface area contributed by atoms with Crippen molar-refractivity contribution in [2.75, 3.05) is 10.6 Å². The third-order valence-corrected chi connectivity index (χ3v) is 4.20. The Bertz CT molecular complexity index is 673. The largest absolute Gasteiger partial charge is 0.266 e. The van der Waals surface area contributed by atoms with Crippen LogP contribution in [0, 0.1) is 13.8 Å². The second-order valence-corrected chi connectivity index (χ2v) is 7.01. The number of aryl methyl sites for hydroxylation is 2. The molecule has 0 fully saturated rings. The van der Waals surface area contributed by atoms with Gasteiger partial charge in [0.05, 0.1) is 18.5 Å². The topological polar surface area (TPSA) is 37.4 Å². The number of hydrogen-bond acceptors (Lipinski definition) is 2. The van der Waals surface area contributed by atoms with Crippen LogP contribution in [0.4, 0.5) is 5.69 Å². The van der Waals surface area contributed by atoms with Crippen LogP contribution in [0.15, 0.2) is 48.5 Å². The normalized spacial score (nSPS) is 11.3. The van der Waals surface area contributed by atoms with Crippen LogP contribution in [-0.4, -0.2) is 14.7 Å². The second kappa shape index (κ2) is 5.67. The molecule has 0 atom stereocenters. The number of nitrogens with zero attached hydrogens (tertiary/aromatic N) is 1. The van der Waals surface area contributed by atoms with E-state index >= 15 is 0 Å². The van der Waals surface area contributed by atoms with Gasteiger partial charge in [0.1, 0.15) is 0 Å². The van der Waals surface area contributed by atoms with E-state index in [0.29, 0.717) is 12.2 Å². The van der Waals surface area contributed by atoms with Gasteiger partial charge in [-0.25, -0.2) is 8.42 Å². The van der Waals surface area contributed by atoms with E-state index in [1.54, 1.807) is 0 Å². The van der Waals surface area contributed by atoms with Gasteiger partial charge in [-0.1, -0.05) is 36.4 Å². The van der Waals surface area contributed by atoms with Crippen molar-refractivity contribution in [3.8, 4) is 0 Å². The van der Waals surface area contributed by atoms with Gasteiger partial charge in [-0.2, -0.15) is 0 Å². The van der Waals surface area contributed by atoms with Crippen LogP contribution in [0.25, 0.3) is 0 Å². The van der Waals surface area contributed by atoms with Crippen LogP contribution in [0.2, 0.25) is 0 Å². The molecule has 0 saturated carbocycles. The van der Waals surface area contributed by atoms with E-state index in [1.807, 2.05) is 62.4 Å². The number of benzene rings is 2. The SMILES string of the molecule is Cc1cc(C)cc(N(Cc2ccccc2)S(C)(=O)=O)c1. The van der Waals surface area contributed by atoms with Crippen LogP contribution in [-0.2, 0) is 16.6 Å². The summed E-state index contributed by atoms with van der Waals surface area (Å²) in [5, 5.41) is 0. The van der Waals surface area contributed by atoms with Gasteiger partial charge in [0, 0.05) is 0 Å². The molecule has 0 bridgehead atoms. The molecule has 0 saturated heterocycles. The van der Waals surface area contributed by atoms with Crippen molar-refractivity contribution < 1.29 is 8.42 Å². The van der Waals surface area contributed by atoms with Crippen molar-refractivity contribution in [3.63, 3.8) is 0 Å². The van der Waals surface area contributed by atoms with Crippen molar-refractivity contribution in [3.05, 3.63) is 65.2 Å². The van der Waals surface area contributed by atoms with Gasteiger partial charge in [-0.3, -0.25) is 4.31 Å². The zero-order valence-corrected chi connectivity index (χ0v) is 12.8. The molecule has 4 heteroatoms. The Hall–Kier alpha value is -1.81. The van der Waals surface area contributed by atoms with Crippen LogP contribution >= 0.6 is 0 Å². The summed E-state index contributed by atoms with van der Waals surface area (Å²) in [5.74, 6) is 0. The standard InChI is InChI=1S/C16H19NO2S/c1-13-9-14(2)11-16(10-13)17(20(3,18)19)12-15-7-5-4-6-8-15/h4-11H,12H2,1-3H3. The first-order valence-corrected chi connectivity index (χ1v) is 8.31. The maximum atomic E-state index is 12.1. The highest BCUT2D eigenvalue weighted by Crippen LogP contribution is 2.23. The number of anilines is 1. The fraction of sp³-hybridized carbons (Fsp3) is 0.250. The first-order chi connectivity index (χ1) is 9.36. The number of rotatable bonds is 4. The maximum absolute atomic E-state index is 12.1. The molecule has 0 unspecified atom stereocenters. The predicted octanol–water partition coefficient (Wildman–Crippen LogP) is 3.27. The van der Waals surface area contributed by atoms with Gasteiger partial charge in [0.15, 0.2) is 0 Å². The molecule has 2 rings (SSSR count). The zero-order chi connectivity index (χ0) is 14.8. The second-order valence-electron chi connectivity index (χ2n) is 5.10. The fourth-order valence-electron chi connectivity index (χ4n) is 2.24. The summed E-state index contributed by atoms with van der Waals surface area (Å²) in [5.41, 5.74) is 3.80. The first kappa shape index (κ1) is 14.6. The Morgan fingerprint density at radius 2 is 1.50 bits per heavy atom. The molecular weight excluding hydrogens is 270 g/mol. The molecule has 20 heavy (non-hydrogen) atoms. The molecule has 2 aromatic carbocycles. The lowest BCUT2D eigenvalue weighted by Gasteiger charge is -2.23. The summed E-state index contributed by atoms with van der Waals surface area (Å²) < 4.78 is 25.6. The van der Waals surface area contributed by atoms with Crippen molar-refractivity contribution >= 4 is 15.7 Å². The summed E-state index contributed by atoms with van der Waals surface area (Å²) in [4.78, 5) is 0. The van der Waals surface area contributed by atoms with Gasteiger partial charge >= 0.3 is 0 Å². The van der Waals surface area contributed by atoms with E-state index in [4.69, 9.17) is 0 Å². The van der Waals surface area contributed by atoms with E-state index < -0.39 is 10.0 Å². The molecule has 0 spiro atoms. The number of hydrogen-bond donors (Lipinski definition) is 0. The lowest BCUT2D eigenvalue weighted by Crippen LogP contribution is -2.29. The summed E-state index contributed by atoms with van der Waals surface area (Å²) in [6.07, 6.45) is 1.24. The highest BCUT2D eigenvalue weighted by atomic mass is 32.2. The van der Waals surface area contributed by atoms with E-state index in [-0.39, 0.29) is 0 Å². The smallest absolute Gasteiger partial charge is 0.232 e. The summed E-state index contributed by atoms with van der Waals surface area (Å²) >= 11 is 0. The molecule has 0 N–H and O–H groups in total. The Balaban J connectivity index is 2.43. The first-order valence-electron chi connectivity index (χ1n) is 6.46. The van der Waals surface area contributed by atoms with Gasteiger partial charge in [0.25, 0.3) is 0 Å². The van der Waals surface area contributed by atoms with Crippen LogP contribution in [0.1, 0.15) is 16.7 Å². The van der Waals surface area contributed by atoms with Gasteiger partial charge < -0.3 is 0 Å². The lowest BCUT2D eigenvalue weighted by atomic mass is 10.1. The molecule has 0 amide bonds. The average molecular weight is 289 g/mol. The molecule has 0 aromatic heterocycles. The number of sulfonamides is 1. The van der Waals surface area contributed by atoms with E-state index in [2.05, 4.69) is 0 Å². The minimum atomic E-state index is -3.32. The molecule has 0 aliphatic carbocycles. The van der Waals surface area contributed by atoms with Crippen LogP contribution < -0.4 is 4.31 Å². The van der Waals surface area contributed by atoms with Crippen molar-refractivity contribution in [2.24, 2.45) is 0 Å². The molecule has 106 valence electrons.